The lowest BCUT2D eigenvalue weighted by Crippen LogP contribution is -2.28. The third-order valence-electron chi connectivity index (χ3n) is 6.77. The highest BCUT2D eigenvalue weighted by atomic mass is 35.5. The van der Waals surface area contributed by atoms with Crippen molar-refractivity contribution in [3.05, 3.63) is 97.9 Å². The van der Waals surface area contributed by atoms with Crippen molar-refractivity contribution < 1.29 is 9.90 Å². The maximum absolute atomic E-state index is 13.2. The van der Waals surface area contributed by atoms with Crippen LogP contribution < -0.4 is 11.5 Å². The van der Waals surface area contributed by atoms with Gasteiger partial charge in [-0.05, 0) is 56.2 Å². The van der Waals surface area contributed by atoms with E-state index in [2.05, 4.69) is 35.9 Å². The lowest BCUT2D eigenvalue weighted by Gasteiger charge is -2.22. The maximum atomic E-state index is 13.2. The van der Waals surface area contributed by atoms with Gasteiger partial charge in [-0.25, -0.2) is 0 Å². The predicted molar refractivity (Wildman–Crippen MR) is 161 cm³/mol. The zero-order chi connectivity index (χ0) is 27.8. The number of halogens is 2. The van der Waals surface area contributed by atoms with E-state index in [1.54, 1.807) is 23.5 Å². The molecule has 40 heavy (non-hydrogen) atoms. The van der Waals surface area contributed by atoms with Crippen LogP contribution in [0.2, 0.25) is 5.02 Å². The summed E-state index contributed by atoms with van der Waals surface area (Å²) in [7, 11) is 0. The summed E-state index contributed by atoms with van der Waals surface area (Å²) in [6, 6.07) is 13.3. The Morgan fingerprint density at radius 1 is 1.18 bits per heavy atom. The molecule has 2 unspecified atom stereocenters. The fraction of sp³-hybridized carbons (Fsp3) is 0.241. The summed E-state index contributed by atoms with van der Waals surface area (Å²) in [5.74, 6) is 5.57. The van der Waals surface area contributed by atoms with Gasteiger partial charge < -0.3 is 16.6 Å². The second kappa shape index (κ2) is 11.9. The van der Waals surface area contributed by atoms with Crippen LogP contribution in [0.4, 0.5) is 0 Å². The molecule has 0 fully saturated rings. The number of benzene rings is 2. The summed E-state index contributed by atoms with van der Waals surface area (Å²) in [6.07, 6.45) is 0. The molecule has 5 N–H and O–H groups in total. The Morgan fingerprint density at radius 2 is 1.90 bits per heavy atom. The fourth-order valence-corrected chi connectivity index (χ4v) is 6.05. The third-order valence-corrected chi connectivity index (χ3v) is 8.22. The van der Waals surface area contributed by atoms with Crippen LogP contribution in [0.25, 0.3) is 5.00 Å². The lowest BCUT2D eigenvalue weighted by molar-refractivity contribution is -0.120. The van der Waals surface area contributed by atoms with Crippen molar-refractivity contribution in [1.29, 1.82) is 0 Å². The molecule has 1 aliphatic rings. The zero-order valence-corrected chi connectivity index (χ0v) is 24.4. The van der Waals surface area contributed by atoms with Crippen LogP contribution in [-0.4, -0.2) is 44.1 Å². The molecule has 206 valence electrons. The Bertz CT molecular complexity index is 1670. The second-order valence-electron chi connectivity index (χ2n) is 9.40. The molecule has 5 rings (SSSR count). The number of primary amides is 1. The number of aromatic nitrogens is 3. The molecule has 4 aromatic rings. The molecular formula is C29H28Cl2N6O2S. The van der Waals surface area contributed by atoms with Crippen LogP contribution in [0.5, 0.6) is 0 Å². The van der Waals surface area contributed by atoms with Gasteiger partial charge in [0.15, 0.2) is 5.82 Å². The first-order chi connectivity index (χ1) is 18.7. The number of aliphatic hydroxyl groups excluding tert-OH is 1. The van der Waals surface area contributed by atoms with Gasteiger partial charge in [0.05, 0.1) is 24.3 Å². The van der Waals surface area contributed by atoms with Crippen LogP contribution in [0, 0.1) is 32.6 Å². The van der Waals surface area contributed by atoms with Crippen molar-refractivity contribution in [2.24, 2.45) is 16.5 Å². The molecule has 0 bridgehead atoms. The van der Waals surface area contributed by atoms with Crippen molar-refractivity contribution >= 4 is 47.0 Å². The van der Waals surface area contributed by atoms with Crippen LogP contribution in [0.3, 0.4) is 0 Å². The number of aliphatic hydroxyl groups is 1. The van der Waals surface area contributed by atoms with Gasteiger partial charge >= 0.3 is 0 Å². The van der Waals surface area contributed by atoms with Gasteiger partial charge in [0.1, 0.15) is 16.9 Å². The number of carbonyl (C=O) groups excluding carboxylic acids is 1. The SMILES string of the molecule is Cc1sc2c(c1C)C(c1ccc(Cl)cc1)=N[C@@H](C(C(N)=O)c1cccc(C#CC(N)CO)c1)c1nnc(C)n1-2.Cl. The van der Waals surface area contributed by atoms with E-state index >= 15 is 0 Å². The van der Waals surface area contributed by atoms with Crippen LogP contribution in [0.15, 0.2) is 53.5 Å². The first-order valence-corrected chi connectivity index (χ1v) is 13.5. The van der Waals surface area contributed by atoms with Crippen molar-refractivity contribution in [2.75, 3.05) is 6.61 Å². The number of thiophene rings is 1. The average Bonchev–Trinajstić information content (AvgIpc) is 3.39. The highest BCUT2D eigenvalue weighted by Gasteiger charge is 2.38. The molecule has 3 heterocycles. The Morgan fingerprint density at radius 3 is 2.58 bits per heavy atom. The number of amides is 1. The van der Waals surface area contributed by atoms with E-state index in [1.165, 1.54) is 0 Å². The minimum Gasteiger partial charge on any atom is -0.394 e. The predicted octanol–water partition coefficient (Wildman–Crippen LogP) is 4.16. The van der Waals surface area contributed by atoms with Crippen molar-refractivity contribution in [2.45, 2.75) is 38.8 Å². The summed E-state index contributed by atoms with van der Waals surface area (Å²) in [6.45, 7) is 5.78. The number of fused-ring (bicyclic) bond motifs is 3. The normalized spacial score (nSPS) is 15.3. The molecule has 2 aromatic carbocycles. The molecule has 0 aliphatic carbocycles. The quantitative estimate of drug-likeness (QED) is 0.298. The third kappa shape index (κ3) is 5.42. The smallest absolute Gasteiger partial charge is 0.227 e. The van der Waals surface area contributed by atoms with Crippen molar-refractivity contribution in [3.8, 4) is 16.8 Å². The molecular weight excluding hydrogens is 567 g/mol. The largest absolute Gasteiger partial charge is 0.394 e. The summed E-state index contributed by atoms with van der Waals surface area (Å²) < 4.78 is 1.98. The van der Waals surface area contributed by atoms with Gasteiger partial charge in [-0.15, -0.1) is 33.9 Å². The van der Waals surface area contributed by atoms with Crippen molar-refractivity contribution in [1.82, 2.24) is 14.8 Å². The number of hydrogen-bond donors (Lipinski definition) is 3. The number of aryl methyl sites for hydroxylation is 2. The molecule has 0 spiro atoms. The lowest BCUT2D eigenvalue weighted by atomic mass is 9.89. The van der Waals surface area contributed by atoms with Gasteiger partial charge in [0.25, 0.3) is 0 Å². The molecule has 0 radical (unpaired) electrons. The van der Waals surface area contributed by atoms with E-state index in [-0.39, 0.29) is 19.0 Å². The Balaban J connectivity index is 0.00000370. The minimum atomic E-state index is -0.863. The van der Waals surface area contributed by atoms with Crippen LogP contribution in [0.1, 0.15) is 56.3 Å². The van der Waals surface area contributed by atoms with E-state index in [0.717, 1.165) is 32.3 Å². The summed E-state index contributed by atoms with van der Waals surface area (Å²) >= 11 is 7.84. The van der Waals surface area contributed by atoms with E-state index in [1.807, 2.05) is 47.9 Å². The Labute approximate surface area is 247 Å². The number of nitrogens with two attached hydrogens (primary N) is 2. The monoisotopic (exact) mass is 594 g/mol. The molecule has 2 aromatic heterocycles. The van der Waals surface area contributed by atoms with Gasteiger partial charge in [-0.2, -0.15) is 0 Å². The van der Waals surface area contributed by atoms with Crippen molar-refractivity contribution in [3.63, 3.8) is 0 Å². The molecule has 1 aliphatic heterocycles. The van der Waals surface area contributed by atoms with Gasteiger partial charge in [0.2, 0.25) is 5.91 Å². The first-order valence-electron chi connectivity index (χ1n) is 12.3. The minimum absolute atomic E-state index is 0. The van der Waals surface area contributed by atoms with E-state index in [9.17, 15) is 9.90 Å². The molecule has 8 nitrogen and oxygen atoms in total. The molecule has 0 saturated carbocycles. The van der Waals surface area contributed by atoms with E-state index in [4.69, 9.17) is 28.1 Å². The molecule has 3 atom stereocenters. The molecule has 11 heteroatoms. The molecule has 0 saturated heterocycles. The average molecular weight is 596 g/mol. The number of carbonyl (C=O) groups is 1. The number of nitrogens with zero attached hydrogens (tertiary/aromatic N) is 4. The second-order valence-corrected chi connectivity index (χ2v) is 11.0. The van der Waals surface area contributed by atoms with Gasteiger partial charge in [-0.1, -0.05) is 47.7 Å². The van der Waals surface area contributed by atoms with Crippen LogP contribution in [-0.2, 0) is 4.79 Å². The number of aliphatic imine (C=N–C) groups is 1. The maximum Gasteiger partial charge on any atom is 0.227 e. The standard InChI is InChI=1S/C29H27ClN6O2S.ClH/c1-15-16(2)39-29-23(15)25(19-8-10-21(30)11-9-19)33-26(28-35-34-17(3)36(28)29)24(27(32)38)20-6-4-5-18(13-20)7-12-22(31)14-37;/h4-6,8-11,13,22,24,26,37H,14,31H2,1-3H3,(H2,32,38);1H/t22?,24?,26-;/m0./s1. The van der Waals surface area contributed by atoms with Gasteiger partial charge in [-0.3, -0.25) is 14.4 Å². The summed E-state index contributed by atoms with van der Waals surface area (Å²) in [5.41, 5.74) is 16.8. The Kier molecular flexibility index (Phi) is 8.78. The Hall–Kier alpha value is -3.52. The first kappa shape index (κ1) is 29.5. The van der Waals surface area contributed by atoms with E-state index < -0.39 is 23.9 Å². The summed E-state index contributed by atoms with van der Waals surface area (Å²) in [4.78, 5) is 19.5. The number of hydrogen-bond acceptors (Lipinski definition) is 7. The van der Waals surface area contributed by atoms with Gasteiger partial charge in [0, 0.05) is 26.6 Å². The number of rotatable bonds is 5. The topological polar surface area (TPSA) is 132 Å². The zero-order valence-electron chi connectivity index (χ0n) is 22.1. The van der Waals surface area contributed by atoms with E-state index in [0.29, 0.717) is 27.8 Å². The highest BCUT2D eigenvalue weighted by Crippen LogP contribution is 2.43. The molecule has 1 amide bonds. The fourth-order valence-electron chi connectivity index (χ4n) is 4.71. The highest BCUT2D eigenvalue weighted by molar-refractivity contribution is 7.15. The van der Waals surface area contributed by atoms with Crippen LogP contribution >= 0.6 is 35.3 Å². The summed E-state index contributed by atoms with van der Waals surface area (Å²) in [5, 5.41) is 19.7.